The van der Waals surface area contributed by atoms with Crippen molar-refractivity contribution in [1.29, 1.82) is 0 Å². The Hall–Kier alpha value is -3.28. The highest BCUT2D eigenvalue weighted by atomic mass is 32.2. The first-order chi connectivity index (χ1) is 18.3. The van der Waals surface area contributed by atoms with Gasteiger partial charge in [-0.3, -0.25) is 13.9 Å². The summed E-state index contributed by atoms with van der Waals surface area (Å²) in [7, 11) is 0.700. The zero-order chi connectivity index (χ0) is 26.4. The van der Waals surface area contributed by atoms with Gasteiger partial charge in [-0.1, -0.05) is 0 Å². The first kappa shape index (κ1) is 25.0. The molecule has 1 aliphatic heterocycles. The summed E-state index contributed by atoms with van der Waals surface area (Å²) in [5.41, 5.74) is 4.38. The normalized spacial score (nSPS) is 17.4. The van der Waals surface area contributed by atoms with Gasteiger partial charge in [-0.05, 0) is 62.4 Å². The number of nitrogens with zero attached hydrogens (tertiary/aromatic N) is 5. The number of hydrogen-bond donors (Lipinski definition) is 3. The predicted octanol–water partition coefficient (Wildman–Crippen LogP) is 2.89. The number of hydrogen-bond acceptors (Lipinski definition) is 6. The van der Waals surface area contributed by atoms with E-state index in [4.69, 9.17) is 4.98 Å². The van der Waals surface area contributed by atoms with Crippen LogP contribution >= 0.6 is 0 Å². The average molecular weight is 535 g/mol. The van der Waals surface area contributed by atoms with Crippen LogP contribution in [0.2, 0.25) is 0 Å². The molecule has 38 heavy (non-hydrogen) atoms. The molecule has 10 nitrogen and oxygen atoms in total. The predicted molar refractivity (Wildman–Crippen MR) is 151 cm³/mol. The molecule has 3 N–H and O–H groups in total. The van der Waals surface area contributed by atoms with Gasteiger partial charge < -0.3 is 15.5 Å². The van der Waals surface area contributed by atoms with E-state index in [9.17, 15) is 9.00 Å². The van der Waals surface area contributed by atoms with Crippen molar-refractivity contribution in [2.45, 2.75) is 51.2 Å². The second kappa shape index (κ2) is 10.1. The van der Waals surface area contributed by atoms with Crippen LogP contribution in [0.15, 0.2) is 36.7 Å². The SMILES string of the molecule is Cc1cn2c(N3CCC(NC4CC4)CC3)ccc(C(=O)Nc3cc(CNS(C)=O)c4nn(C)cc4c3)c2n1. The van der Waals surface area contributed by atoms with Gasteiger partial charge in [-0.2, -0.15) is 5.10 Å². The lowest BCUT2D eigenvalue weighted by molar-refractivity contribution is 0.102. The zero-order valence-electron chi connectivity index (χ0n) is 22.0. The number of carbonyl (C=O) groups is 1. The molecule has 0 bridgehead atoms. The van der Waals surface area contributed by atoms with Crippen molar-refractivity contribution in [1.82, 2.24) is 29.2 Å². The summed E-state index contributed by atoms with van der Waals surface area (Å²) < 4.78 is 18.4. The highest BCUT2D eigenvalue weighted by Gasteiger charge is 2.28. The van der Waals surface area contributed by atoms with Crippen molar-refractivity contribution in [3.8, 4) is 0 Å². The van der Waals surface area contributed by atoms with Crippen molar-refractivity contribution in [2.75, 3.05) is 29.6 Å². The maximum atomic E-state index is 13.5. The molecule has 0 radical (unpaired) electrons. The van der Waals surface area contributed by atoms with E-state index in [0.717, 1.165) is 60.0 Å². The summed E-state index contributed by atoms with van der Waals surface area (Å²) >= 11 is 0. The van der Waals surface area contributed by atoms with E-state index in [1.54, 1.807) is 10.9 Å². The molecule has 11 heteroatoms. The summed E-state index contributed by atoms with van der Waals surface area (Å²) in [5.74, 6) is 0.848. The molecular formula is C27H34N8O2S. The van der Waals surface area contributed by atoms with Crippen LogP contribution in [0.3, 0.4) is 0 Å². The number of fused-ring (bicyclic) bond motifs is 2. The molecule has 4 heterocycles. The van der Waals surface area contributed by atoms with E-state index in [2.05, 4.69) is 29.8 Å². The van der Waals surface area contributed by atoms with Gasteiger partial charge in [0.15, 0.2) is 5.65 Å². The van der Waals surface area contributed by atoms with Crippen LogP contribution in [0.25, 0.3) is 16.6 Å². The topological polar surface area (TPSA) is 109 Å². The number of carbonyl (C=O) groups excluding carboxylic acids is 1. The molecule has 1 saturated carbocycles. The molecule has 0 spiro atoms. The van der Waals surface area contributed by atoms with E-state index in [1.165, 1.54) is 12.8 Å². The molecule has 1 saturated heterocycles. The number of aryl methyl sites for hydroxylation is 2. The number of benzene rings is 1. The van der Waals surface area contributed by atoms with Gasteiger partial charge >= 0.3 is 0 Å². The van der Waals surface area contributed by atoms with Gasteiger partial charge in [0, 0.05) is 68.5 Å². The lowest BCUT2D eigenvalue weighted by Gasteiger charge is -2.34. The molecular weight excluding hydrogens is 500 g/mol. The lowest BCUT2D eigenvalue weighted by atomic mass is 10.0. The van der Waals surface area contributed by atoms with Crippen molar-refractivity contribution in [3.63, 3.8) is 0 Å². The maximum Gasteiger partial charge on any atom is 0.259 e. The second-order valence-corrected chi connectivity index (χ2v) is 11.7. The Morgan fingerprint density at radius 1 is 1.11 bits per heavy atom. The third kappa shape index (κ3) is 5.18. The van der Waals surface area contributed by atoms with Gasteiger partial charge in [0.05, 0.1) is 27.8 Å². The van der Waals surface area contributed by atoms with Crippen LogP contribution in [0.1, 0.15) is 47.3 Å². The van der Waals surface area contributed by atoms with Crippen molar-refractivity contribution in [2.24, 2.45) is 7.05 Å². The van der Waals surface area contributed by atoms with Crippen LogP contribution in [-0.2, 0) is 24.6 Å². The van der Waals surface area contributed by atoms with Gasteiger partial charge in [0.1, 0.15) is 5.82 Å². The summed E-state index contributed by atoms with van der Waals surface area (Å²) in [4.78, 5) is 20.6. The molecule has 2 fully saturated rings. The molecule has 2 aliphatic rings. The maximum absolute atomic E-state index is 13.5. The first-order valence-electron chi connectivity index (χ1n) is 13.2. The average Bonchev–Trinajstić information content (AvgIpc) is 3.48. The standard InChI is InChI=1S/C27H34N8O2S/c1-17-15-35-24(34-10-8-21(9-11-34)30-20-4-5-20)7-6-23(26(35)29-17)27(36)31-22-12-18(14-28-38(3)37)25-19(13-22)16-33(2)32-25/h6-7,12-13,15-16,20-21,28,30H,4-5,8-11,14H2,1-3H3,(H,31,36). The number of anilines is 2. The van der Waals surface area contributed by atoms with E-state index in [1.807, 2.05) is 50.6 Å². The minimum Gasteiger partial charge on any atom is -0.358 e. The van der Waals surface area contributed by atoms with E-state index in [0.29, 0.717) is 29.5 Å². The van der Waals surface area contributed by atoms with Crippen LogP contribution < -0.4 is 20.3 Å². The molecule has 3 aromatic heterocycles. The Morgan fingerprint density at radius 2 is 1.87 bits per heavy atom. The van der Waals surface area contributed by atoms with Gasteiger partial charge in [0.25, 0.3) is 5.91 Å². The Bertz CT molecular complexity index is 1530. The zero-order valence-corrected chi connectivity index (χ0v) is 22.8. The quantitative estimate of drug-likeness (QED) is 0.321. The number of amides is 1. The van der Waals surface area contributed by atoms with Crippen LogP contribution in [0.4, 0.5) is 11.5 Å². The third-order valence-corrected chi connectivity index (χ3v) is 7.90. The highest BCUT2D eigenvalue weighted by Crippen LogP contribution is 2.28. The highest BCUT2D eigenvalue weighted by molar-refractivity contribution is 7.82. The van der Waals surface area contributed by atoms with Crippen LogP contribution in [0.5, 0.6) is 0 Å². The molecule has 1 atom stereocenters. The minimum absolute atomic E-state index is 0.222. The van der Waals surface area contributed by atoms with Crippen molar-refractivity contribution >= 4 is 44.9 Å². The fraction of sp³-hybridized carbons (Fsp3) is 0.444. The van der Waals surface area contributed by atoms with Gasteiger partial charge in [-0.25, -0.2) is 13.9 Å². The Morgan fingerprint density at radius 3 is 2.61 bits per heavy atom. The molecule has 1 unspecified atom stereocenters. The fourth-order valence-corrected chi connectivity index (χ4v) is 5.74. The molecule has 6 rings (SSSR count). The molecule has 1 amide bonds. The van der Waals surface area contributed by atoms with Crippen LogP contribution in [0, 0.1) is 6.92 Å². The number of imidazole rings is 1. The number of piperidine rings is 1. The minimum atomic E-state index is -1.16. The number of rotatable bonds is 8. The molecule has 1 aliphatic carbocycles. The van der Waals surface area contributed by atoms with E-state index in [-0.39, 0.29) is 5.91 Å². The summed E-state index contributed by atoms with van der Waals surface area (Å²) in [6.07, 6.45) is 10.4. The summed E-state index contributed by atoms with van der Waals surface area (Å²) in [5, 5.41) is 12.3. The monoisotopic (exact) mass is 534 g/mol. The number of nitrogens with one attached hydrogen (secondary N) is 3. The molecule has 4 aromatic rings. The molecule has 200 valence electrons. The summed E-state index contributed by atoms with van der Waals surface area (Å²) in [6.45, 7) is 4.29. The Labute approximate surface area is 224 Å². The van der Waals surface area contributed by atoms with E-state index < -0.39 is 11.0 Å². The number of pyridine rings is 1. The third-order valence-electron chi connectivity index (χ3n) is 7.35. The second-order valence-electron chi connectivity index (χ2n) is 10.5. The molecule has 1 aromatic carbocycles. The van der Waals surface area contributed by atoms with Crippen LogP contribution in [-0.4, -0.2) is 60.7 Å². The Kier molecular flexibility index (Phi) is 6.67. The van der Waals surface area contributed by atoms with Gasteiger partial charge in [-0.15, -0.1) is 0 Å². The van der Waals surface area contributed by atoms with Crippen molar-refractivity contribution in [3.05, 3.63) is 53.5 Å². The largest absolute Gasteiger partial charge is 0.358 e. The van der Waals surface area contributed by atoms with Crippen molar-refractivity contribution < 1.29 is 9.00 Å². The van der Waals surface area contributed by atoms with Gasteiger partial charge in [0.2, 0.25) is 0 Å². The summed E-state index contributed by atoms with van der Waals surface area (Å²) in [6, 6.07) is 9.04. The van der Waals surface area contributed by atoms with E-state index >= 15 is 0 Å². The number of aromatic nitrogens is 4. The smallest absolute Gasteiger partial charge is 0.259 e. The lowest BCUT2D eigenvalue weighted by Crippen LogP contribution is -2.43. The Balaban J connectivity index is 1.25. The fourth-order valence-electron chi connectivity index (χ4n) is 5.38. The first-order valence-corrected chi connectivity index (χ1v) is 14.7.